The van der Waals surface area contributed by atoms with Crippen molar-refractivity contribution in [3.63, 3.8) is 0 Å². The van der Waals surface area contributed by atoms with Crippen LogP contribution in [-0.2, 0) is 18.9 Å². The molecule has 2 aromatic rings. The Labute approximate surface area is 254 Å². The SMILES string of the molecule is COc1cc([C@@H]2Oc3cc(O)cc(O)c3C(=O)[C@H]2O[C@H]2O[C@H](CO[C@H]3O[C@@H](CO)[C@H](O)[C@@H](O)[C@@H]3O)[C@H](O)[C@@H](O)[C@@H]2O)ccc1O. The molecule has 2 fully saturated rings. The Morgan fingerprint density at radius 2 is 1.42 bits per heavy atom. The number of phenolic OH excluding ortho intramolecular Hbond substituents is 3. The van der Waals surface area contributed by atoms with Gasteiger partial charge in [0.2, 0.25) is 5.78 Å². The summed E-state index contributed by atoms with van der Waals surface area (Å²) in [5, 5.41) is 102. The van der Waals surface area contributed by atoms with Gasteiger partial charge in [0.25, 0.3) is 0 Å². The van der Waals surface area contributed by atoms with Crippen LogP contribution in [0.4, 0.5) is 0 Å². The number of methoxy groups -OCH3 is 1. The molecule has 3 aliphatic rings. The van der Waals surface area contributed by atoms with E-state index in [0.29, 0.717) is 0 Å². The van der Waals surface area contributed by atoms with Crippen LogP contribution in [0.2, 0.25) is 0 Å². The van der Waals surface area contributed by atoms with E-state index in [1.807, 2.05) is 0 Å². The number of carbonyl (C=O) groups excluding carboxylic acids is 1. The third kappa shape index (κ3) is 6.25. The average Bonchev–Trinajstić information content (AvgIpc) is 3.01. The van der Waals surface area contributed by atoms with Crippen molar-refractivity contribution in [3.8, 4) is 28.7 Å². The number of ketones is 1. The summed E-state index contributed by atoms with van der Waals surface area (Å²) in [6.07, 6.45) is -20.1. The molecule has 0 saturated carbocycles. The highest BCUT2D eigenvalue weighted by Gasteiger charge is 2.50. The number of ether oxygens (including phenoxy) is 6. The zero-order chi connectivity index (χ0) is 32.7. The molecule has 0 aromatic heterocycles. The van der Waals surface area contributed by atoms with Gasteiger partial charge in [-0.2, -0.15) is 0 Å². The minimum atomic E-state index is -1.94. The van der Waals surface area contributed by atoms with Crippen molar-refractivity contribution < 1.29 is 84.3 Å². The molecule has 17 nitrogen and oxygen atoms in total. The second-order valence-electron chi connectivity index (χ2n) is 10.8. The van der Waals surface area contributed by atoms with Crippen molar-refractivity contribution in [3.05, 3.63) is 41.5 Å². The van der Waals surface area contributed by atoms with E-state index in [9.17, 15) is 55.9 Å². The number of hydrogen-bond acceptors (Lipinski definition) is 17. The second kappa shape index (κ2) is 13.2. The average molecular weight is 643 g/mol. The zero-order valence-corrected chi connectivity index (χ0v) is 23.6. The molecule has 0 amide bonds. The van der Waals surface area contributed by atoms with Crippen molar-refractivity contribution in [1.29, 1.82) is 0 Å². The Morgan fingerprint density at radius 1 is 0.778 bits per heavy atom. The third-order valence-electron chi connectivity index (χ3n) is 7.85. The summed E-state index contributed by atoms with van der Waals surface area (Å²) >= 11 is 0. The molecule has 0 spiro atoms. The molecule has 17 heteroatoms. The van der Waals surface area contributed by atoms with Gasteiger partial charge in [0.15, 0.2) is 36.3 Å². The zero-order valence-electron chi connectivity index (χ0n) is 23.6. The molecule has 0 aliphatic carbocycles. The fourth-order valence-electron chi connectivity index (χ4n) is 5.36. The second-order valence-corrected chi connectivity index (χ2v) is 10.8. The lowest BCUT2D eigenvalue weighted by atomic mass is 9.92. The van der Waals surface area contributed by atoms with Gasteiger partial charge in [-0.1, -0.05) is 6.07 Å². The molecule has 0 unspecified atom stereocenters. The molecule has 10 N–H and O–H groups in total. The first kappa shape index (κ1) is 33.0. The molecule has 12 atom stereocenters. The summed E-state index contributed by atoms with van der Waals surface area (Å²) in [4.78, 5) is 13.7. The molecule has 3 aliphatic heterocycles. The molecule has 0 radical (unpaired) electrons. The minimum absolute atomic E-state index is 0.00440. The van der Waals surface area contributed by atoms with Crippen molar-refractivity contribution in [1.82, 2.24) is 0 Å². The largest absolute Gasteiger partial charge is 0.508 e. The first-order valence-electron chi connectivity index (χ1n) is 13.8. The van der Waals surface area contributed by atoms with Crippen LogP contribution in [0.3, 0.4) is 0 Å². The third-order valence-corrected chi connectivity index (χ3v) is 7.85. The van der Waals surface area contributed by atoms with Gasteiger partial charge < -0.3 is 79.5 Å². The van der Waals surface area contributed by atoms with Crippen molar-refractivity contribution in [2.75, 3.05) is 20.3 Å². The van der Waals surface area contributed by atoms with Crippen molar-refractivity contribution >= 4 is 5.78 Å². The van der Waals surface area contributed by atoms with E-state index in [-0.39, 0.29) is 28.4 Å². The van der Waals surface area contributed by atoms with E-state index in [1.165, 1.54) is 25.3 Å². The number of carbonyl (C=O) groups is 1. The molecule has 2 aromatic carbocycles. The normalized spacial score (nSPS) is 36.7. The van der Waals surface area contributed by atoms with E-state index in [4.69, 9.17) is 28.4 Å². The van der Waals surface area contributed by atoms with Crippen LogP contribution in [0.1, 0.15) is 22.0 Å². The Bertz CT molecular complexity index is 1370. The van der Waals surface area contributed by atoms with Crippen LogP contribution in [0, 0.1) is 0 Å². The summed E-state index contributed by atoms with van der Waals surface area (Å²) in [6, 6.07) is 5.97. The van der Waals surface area contributed by atoms with Gasteiger partial charge in [0, 0.05) is 12.1 Å². The first-order chi connectivity index (χ1) is 21.4. The maximum absolute atomic E-state index is 13.7. The minimum Gasteiger partial charge on any atom is -0.508 e. The van der Waals surface area contributed by atoms with Gasteiger partial charge in [-0.05, 0) is 17.7 Å². The summed E-state index contributed by atoms with van der Waals surface area (Å²) < 4.78 is 33.3. The molecule has 3 heterocycles. The molecule has 2 saturated heterocycles. The molecular formula is C28H34O17. The fraction of sp³-hybridized carbons (Fsp3) is 0.536. The molecule has 248 valence electrons. The van der Waals surface area contributed by atoms with Crippen LogP contribution in [-0.4, -0.2) is 145 Å². The Kier molecular flexibility index (Phi) is 9.68. The number of aliphatic hydroxyl groups is 7. The summed E-state index contributed by atoms with van der Waals surface area (Å²) in [5.74, 6) is -2.37. The Balaban J connectivity index is 1.40. The maximum Gasteiger partial charge on any atom is 0.203 e. The molecule has 0 bridgehead atoms. The van der Waals surface area contributed by atoms with E-state index in [2.05, 4.69) is 0 Å². The summed E-state index contributed by atoms with van der Waals surface area (Å²) in [7, 11) is 1.29. The van der Waals surface area contributed by atoms with Gasteiger partial charge in [0.1, 0.15) is 71.6 Å². The highest BCUT2D eigenvalue weighted by Crippen LogP contribution is 2.44. The summed E-state index contributed by atoms with van der Waals surface area (Å²) in [5.41, 5.74) is -0.155. The highest BCUT2D eigenvalue weighted by molar-refractivity contribution is 6.05. The predicted octanol–water partition coefficient (Wildman–Crippen LogP) is -2.86. The van der Waals surface area contributed by atoms with Gasteiger partial charge in [-0.15, -0.1) is 0 Å². The Morgan fingerprint density at radius 3 is 2.09 bits per heavy atom. The van der Waals surface area contributed by atoms with Crippen LogP contribution < -0.4 is 9.47 Å². The Hall–Kier alpha value is -3.33. The van der Waals surface area contributed by atoms with Gasteiger partial charge >= 0.3 is 0 Å². The van der Waals surface area contributed by atoms with E-state index in [0.717, 1.165) is 12.1 Å². The molecular weight excluding hydrogens is 608 g/mol. The topological polar surface area (TPSA) is 275 Å². The number of fused-ring (bicyclic) bond motifs is 1. The number of phenols is 3. The van der Waals surface area contributed by atoms with Crippen LogP contribution in [0.25, 0.3) is 0 Å². The van der Waals surface area contributed by atoms with Gasteiger partial charge in [-0.25, -0.2) is 0 Å². The highest BCUT2D eigenvalue weighted by atomic mass is 16.7. The van der Waals surface area contributed by atoms with E-state index in [1.54, 1.807) is 0 Å². The number of benzene rings is 2. The first-order valence-corrected chi connectivity index (χ1v) is 13.8. The van der Waals surface area contributed by atoms with E-state index >= 15 is 0 Å². The summed E-state index contributed by atoms with van der Waals surface area (Å²) in [6.45, 7) is -1.37. The monoisotopic (exact) mass is 642 g/mol. The van der Waals surface area contributed by atoms with Crippen molar-refractivity contribution in [2.24, 2.45) is 0 Å². The van der Waals surface area contributed by atoms with Crippen LogP contribution in [0.5, 0.6) is 28.7 Å². The molecule has 5 rings (SSSR count). The predicted molar refractivity (Wildman–Crippen MR) is 143 cm³/mol. The maximum atomic E-state index is 13.7. The standard InChI is InChI=1S/C28H34O17/c1-40-13-4-9(2-3-11(13)31)25-26(20(35)17-12(32)5-10(30)6-14(17)42-25)45-28-24(39)22(37)19(34)16(44-28)8-41-27-23(38)21(36)18(33)15(7-29)43-27/h2-6,15-16,18-19,21-34,36-39H,7-8H2,1H3/t15-,16+,18-,19-,21+,22+,23-,24-,25-,26+,27-,28+/m0/s1. The lowest BCUT2D eigenvalue weighted by Gasteiger charge is -2.44. The lowest BCUT2D eigenvalue weighted by molar-refractivity contribution is -0.335. The van der Waals surface area contributed by atoms with Gasteiger partial charge in [-0.3, -0.25) is 4.79 Å². The molecule has 45 heavy (non-hydrogen) atoms. The number of aromatic hydroxyl groups is 3. The number of Topliss-reactive ketones (excluding diaryl/α,β-unsaturated/α-hetero) is 1. The van der Waals surface area contributed by atoms with Crippen molar-refractivity contribution in [2.45, 2.75) is 73.6 Å². The smallest absolute Gasteiger partial charge is 0.203 e. The number of rotatable bonds is 8. The van der Waals surface area contributed by atoms with Gasteiger partial charge in [0.05, 0.1) is 20.3 Å². The fourth-order valence-corrected chi connectivity index (χ4v) is 5.36. The number of hydrogen-bond donors (Lipinski definition) is 10. The lowest BCUT2D eigenvalue weighted by Crippen LogP contribution is -2.62. The van der Waals surface area contributed by atoms with Crippen LogP contribution >= 0.6 is 0 Å². The van der Waals surface area contributed by atoms with Crippen LogP contribution in [0.15, 0.2) is 30.3 Å². The number of aliphatic hydroxyl groups excluding tert-OH is 7. The van der Waals surface area contributed by atoms with E-state index < -0.39 is 104 Å². The quantitative estimate of drug-likeness (QED) is 0.139.